The largest absolute Gasteiger partial charge is 0.457 e. The van der Waals surface area contributed by atoms with Crippen molar-refractivity contribution in [2.75, 3.05) is 37.6 Å². The van der Waals surface area contributed by atoms with Crippen LogP contribution in [-0.2, 0) is 11.3 Å². The molecule has 0 aliphatic carbocycles. The van der Waals surface area contributed by atoms with Gasteiger partial charge in [-0.25, -0.2) is 4.79 Å². The first-order valence-corrected chi connectivity index (χ1v) is 11.8. The summed E-state index contributed by atoms with van der Waals surface area (Å²) < 4.78 is 5.15. The van der Waals surface area contributed by atoms with Crippen LogP contribution >= 0.6 is 11.6 Å². The maximum absolute atomic E-state index is 11.8. The van der Waals surface area contributed by atoms with E-state index in [-0.39, 0.29) is 5.97 Å². The second-order valence-corrected chi connectivity index (χ2v) is 9.85. The average Bonchev–Trinajstić information content (AvgIpc) is 3.18. The Kier molecular flexibility index (Phi) is 5.82. The lowest BCUT2D eigenvalue weighted by Crippen LogP contribution is -2.47. The van der Waals surface area contributed by atoms with E-state index in [0.717, 1.165) is 74.4 Å². The Morgan fingerprint density at radius 1 is 1.19 bits per heavy atom. The molecule has 0 radical (unpaired) electrons. The fraction of sp³-hybridized carbons (Fsp3) is 0.542. The molecule has 1 N–H and O–H groups in total. The van der Waals surface area contributed by atoms with E-state index < -0.39 is 6.10 Å². The molecule has 0 saturated carbocycles. The first-order valence-electron chi connectivity index (χ1n) is 11.4. The predicted molar refractivity (Wildman–Crippen MR) is 122 cm³/mol. The van der Waals surface area contributed by atoms with Crippen molar-refractivity contribution in [2.24, 2.45) is 5.41 Å². The number of aliphatic hydroxyl groups excluding tert-OH is 1. The summed E-state index contributed by atoms with van der Waals surface area (Å²) in [5.41, 5.74) is 3.81. The van der Waals surface area contributed by atoms with Crippen LogP contribution in [-0.4, -0.2) is 58.9 Å². The van der Waals surface area contributed by atoms with Crippen LogP contribution in [0.3, 0.4) is 0 Å². The Hall–Kier alpha value is -2.22. The second-order valence-electron chi connectivity index (χ2n) is 9.42. The number of benzene rings is 1. The zero-order chi connectivity index (χ0) is 22.3. The quantitative estimate of drug-likeness (QED) is 0.705. The second kappa shape index (κ2) is 8.61. The molecule has 7 nitrogen and oxygen atoms in total. The Morgan fingerprint density at radius 3 is 2.62 bits per heavy atom. The number of esters is 1. The number of halogens is 1. The summed E-state index contributed by atoms with van der Waals surface area (Å²) in [4.78, 5) is 16.4. The molecule has 3 aliphatic rings. The van der Waals surface area contributed by atoms with Crippen LogP contribution in [0.15, 0.2) is 24.4 Å². The lowest BCUT2D eigenvalue weighted by Gasteiger charge is -2.47. The van der Waals surface area contributed by atoms with E-state index in [2.05, 4.69) is 20.0 Å². The first kappa shape index (κ1) is 21.6. The number of ether oxygens (including phenoxy) is 1. The number of hydrogen-bond donors (Lipinski definition) is 1. The third kappa shape index (κ3) is 4.09. The van der Waals surface area contributed by atoms with Gasteiger partial charge in [0, 0.05) is 31.3 Å². The molecule has 0 amide bonds. The Morgan fingerprint density at radius 2 is 1.91 bits per heavy atom. The van der Waals surface area contributed by atoms with Crippen LogP contribution in [0, 0.1) is 12.3 Å². The van der Waals surface area contributed by atoms with Crippen LogP contribution in [0.1, 0.15) is 58.8 Å². The van der Waals surface area contributed by atoms with Crippen molar-refractivity contribution in [3.05, 3.63) is 51.7 Å². The lowest BCUT2D eigenvalue weighted by molar-refractivity contribution is 0.0447. The molecule has 0 unspecified atom stereocenters. The van der Waals surface area contributed by atoms with Gasteiger partial charge in [-0.2, -0.15) is 5.10 Å². The number of hydrogen-bond acceptors (Lipinski definition) is 7. The Balaban J connectivity index is 1.16. The van der Waals surface area contributed by atoms with Crippen molar-refractivity contribution in [1.82, 2.24) is 15.1 Å². The minimum Gasteiger partial charge on any atom is -0.457 e. The third-order valence-corrected chi connectivity index (χ3v) is 7.88. The van der Waals surface area contributed by atoms with Crippen molar-refractivity contribution in [3.63, 3.8) is 0 Å². The first-order chi connectivity index (χ1) is 15.4. The minimum absolute atomic E-state index is 0.265. The van der Waals surface area contributed by atoms with E-state index in [1.165, 1.54) is 0 Å². The molecule has 32 heavy (non-hydrogen) atoms. The number of fused-ring (bicyclic) bond motifs is 1. The summed E-state index contributed by atoms with van der Waals surface area (Å²) in [5.74, 6) is 0.601. The monoisotopic (exact) mass is 456 g/mol. The molecule has 2 fully saturated rings. The molecule has 1 aromatic carbocycles. The predicted octanol–water partition coefficient (Wildman–Crippen LogP) is 3.52. The fourth-order valence-electron chi connectivity index (χ4n) is 5.48. The lowest BCUT2D eigenvalue weighted by atomic mass is 9.71. The van der Waals surface area contributed by atoms with Crippen LogP contribution in [0.25, 0.3) is 0 Å². The number of carbonyl (C=O) groups excluding carboxylic acids is 1. The molecule has 4 heterocycles. The molecule has 2 aromatic rings. The van der Waals surface area contributed by atoms with Crippen molar-refractivity contribution in [3.8, 4) is 0 Å². The summed E-state index contributed by atoms with van der Waals surface area (Å²) in [7, 11) is 0. The average molecular weight is 457 g/mol. The van der Waals surface area contributed by atoms with E-state index in [1.807, 2.05) is 19.1 Å². The van der Waals surface area contributed by atoms with Crippen LogP contribution in [0.5, 0.6) is 0 Å². The number of cyclic esters (lactones) is 1. The number of likely N-dealkylation sites (tertiary alicyclic amines) is 1. The van der Waals surface area contributed by atoms with Gasteiger partial charge >= 0.3 is 5.97 Å². The van der Waals surface area contributed by atoms with E-state index in [9.17, 15) is 9.90 Å². The third-order valence-electron chi connectivity index (χ3n) is 7.67. The van der Waals surface area contributed by atoms with Gasteiger partial charge < -0.3 is 19.6 Å². The highest BCUT2D eigenvalue weighted by Gasteiger charge is 2.38. The SMILES string of the molecule is Cc1c([C@@H](O)CN2CCC3(CC2)CCN(c2cc(Cl)cnn2)CC3)ccc2c1COC2=O. The standard InChI is InChI=1S/C24H29ClN4O3/c1-16-18(2-3-19-20(16)15-32-23(19)31)21(30)14-28-8-4-24(5-9-28)6-10-29(11-7-24)22-12-17(25)13-26-27-22/h2-3,12-13,21,30H,4-11,14-15H2,1H3/t21-/m0/s1. The summed E-state index contributed by atoms with van der Waals surface area (Å²) in [6, 6.07) is 5.56. The number of nitrogens with zero attached hydrogens (tertiary/aromatic N) is 4. The smallest absolute Gasteiger partial charge is 0.338 e. The van der Waals surface area contributed by atoms with Crippen molar-refractivity contribution in [1.29, 1.82) is 0 Å². The number of rotatable bonds is 4. The van der Waals surface area contributed by atoms with Gasteiger partial charge in [0.25, 0.3) is 0 Å². The highest BCUT2D eigenvalue weighted by molar-refractivity contribution is 6.30. The highest BCUT2D eigenvalue weighted by Crippen LogP contribution is 2.42. The zero-order valence-electron chi connectivity index (χ0n) is 18.4. The highest BCUT2D eigenvalue weighted by atomic mass is 35.5. The fourth-order valence-corrected chi connectivity index (χ4v) is 5.62. The molecule has 1 atom stereocenters. The summed E-state index contributed by atoms with van der Waals surface area (Å²) in [5, 5.41) is 19.8. The maximum Gasteiger partial charge on any atom is 0.338 e. The molecule has 2 saturated heterocycles. The molecule has 0 bridgehead atoms. The summed E-state index contributed by atoms with van der Waals surface area (Å²) >= 11 is 6.08. The molecular weight excluding hydrogens is 428 g/mol. The van der Waals surface area contributed by atoms with Gasteiger partial charge in [-0.05, 0) is 68.3 Å². The number of piperidine rings is 2. The van der Waals surface area contributed by atoms with Crippen molar-refractivity contribution >= 4 is 23.4 Å². The van der Waals surface area contributed by atoms with Gasteiger partial charge in [0.15, 0.2) is 5.82 Å². The van der Waals surface area contributed by atoms with Crippen LogP contribution in [0.2, 0.25) is 5.02 Å². The molecule has 5 rings (SSSR count). The van der Waals surface area contributed by atoms with Crippen molar-refractivity contribution < 1.29 is 14.6 Å². The van der Waals surface area contributed by atoms with Gasteiger partial charge in [-0.3, -0.25) is 0 Å². The molecule has 1 spiro atoms. The van der Waals surface area contributed by atoms with Gasteiger partial charge in [0.2, 0.25) is 0 Å². The molecular formula is C24H29ClN4O3. The van der Waals surface area contributed by atoms with Crippen molar-refractivity contribution in [2.45, 2.75) is 45.3 Å². The number of β-amino-alcohol motifs (C(OH)–C–C–N with tert-alkyl or cyclic N) is 1. The molecule has 1 aromatic heterocycles. The van der Waals surface area contributed by atoms with E-state index in [4.69, 9.17) is 16.3 Å². The Labute approximate surface area is 193 Å². The summed E-state index contributed by atoms with van der Waals surface area (Å²) in [6.45, 7) is 6.86. The number of anilines is 1. The zero-order valence-corrected chi connectivity index (χ0v) is 19.1. The van der Waals surface area contributed by atoms with Gasteiger partial charge in [-0.1, -0.05) is 17.7 Å². The number of aliphatic hydroxyl groups is 1. The maximum atomic E-state index is 11.8. The van der Waals surface area contributed by atoms with E-state index in [0.29, 0.717) is 29.2 Å². The molecule has 170 valence electrons. The summed E-state index contributed by atoms with van der Waals surface area (Å²) in [6.07, 6.45) is 5.61. The van der Waals surface area contributed by atoms with E-state index in [1.54, 1.807) is 12.3 Å². The Bertz CT molecular complexity index is 1010. The number of carbonyl (C=O) groups is 1. The number of aromatic nitrogens is 2. The van der Waals surface area contributed by atoms with Gasteiger partial charge in [-0.15, -0.1) is 5.10 Å². The molecule has 8 heteroatoms. The van der Waals surface area contributed by atoms with Gasteiger partial charge in [0.1, 0.15) is 6.61 Å². The van der Waals surface area contributed by atoms with E-state index >= 15 is 0 Å². The van der Waals surface area contributed by atoms with Crippen LogP contribution < -0.4 is 4.90 Å². The minimum atomic E-state index is -0.562. The van der Waals surface area contributed by atoms with Crippen LogP contribution in [0.4, 0.5) is 5.82 Å². The molecule has 3 aliphatic heterocycles. The van der Waals surface area contributed by atoms with Gasteiger partial charge in [0.05, 0.1) is 22.9 Å². The normalized spacial score (nSPS) is 21.5. The topological polar surface area (TPSA) is 78.8 Å².